The molecule has 0 spiro atoms. The van der Waals surface area contributed by atoms with Crippen molar-refractivity contribution in [3.8, 4) is 5.75 Å². The standard InChI is InChI=1S/C17H22N4O2S2/c1-12-7-9-21(10-8-12)15(22)11-24-17-20-19-16(25-17)18-13-3-5-14(23-2)6-4-13/h3-6,12H,7-11H2,1-2H3,(H,18,19). The molecule has 0 atom stereocenters. The van der Waals surface area contributed by atoms with Gasteiger partial charge in [-0.1, -0.05) is 30.0 Å². The Morgan fingerprint density at radius 1 is 1.32 bits per heavy atom. The van der Waals surface area contributed by atoms with E-state index in [0.717, 1.165) is 47.6 Å². The van der Waals surface area contributed by atoms with Gasteiger partial charge in [0, 0.05) is 18.8 Å². The van der Waals surface area contributed by atoms with Crippen molar-refractivity contribution in [3.05, 3.63) is 24.3 Å². The van der Waals surface area contributed by atoms with Crippen LogP contribution in [0.5, 0.6) is 5.75 Å². The zero-order valence-corrected chi connectivity index (χ0v) is 16.0. The molecule has 0 unspecified atom stereocenters. The molecule has 1 saturated heterocycles. The highest BCUT2D eigenvalue weighted by Gasteiger charge is 2.20. The molecule has 0 bridgehead atoms. The first-order chi connectivity index (χ1) is 12.1. The van der Waals surface area contributed by atoms with Gasteiger partial charge in [0.25, 0.3) is 0 Å². The van der Waals surface area contributed by atoms with Crippen LogP contribution < -0.4 is 10.1 Å². The second-order valence-electron chi connectivity index (χ2n) is 6.08. The van der Waals surface area contributed by atoms with Crippen LogP contribution in [0.15, 0.2) is 28.6 Å². The number of hydrogen-bond acceptors (Lipinski definition) is 7. The number of anilines is 2. The maximum Gasteiger partial charge on any atom is 0.233 e. The number of likely N-dealkylation sites (tertiary alicyclic amines) is 1. The maximum atomic E-state index is 12.3. The van der Waals surface area contributed by atoms with Crippen LogP contribution in [0.1, 0.15) is 19.8 Å². The van der Waals surface area contributed by atoms with E-state index in [4.69, 9.17) is 4.74 Å². The lowest BCUT2D eigenvalue weighted by atomic mass is 9.99. The Morgan fingerprint density at radius 3 is 2.72 bits per heavy atom. The van der Waals surface area contributed by atoms with Crippen molar-refractivity contribution < 1.29 is 9.53 Å². The lowest BCUT2D eigenvalue weighted by Gasteiger charge is -2.30. The van der Waals surface area contributed by atoms with Gasteiger partial charge in [-0.2, -0.15) is 0 Å². The highest BCUT2D eigenvalue weighted by atomic mass is 32.2. The van der Waals surface area contributed by atoms with E-state index in [1.54, 1.807) is 7.11 Å². The molecule has 2 aromatic rings. The van der Waals surface area contributed by atoms with Crippen LogP contribution >= 0.6 is 23.1 Å². The van der Waals surface area contributed by atoms with Crippen molar-refractivity contribution in [3.63, 3.8) is 0 Å². The van der Waals surface area contributed by atoms with Crippen LogP contribution in [-0.4, -0.2) is 47.0 Å². The predicted molar refractivity (Wildman–Crippen MR) is 102 cm³/mol. The third kappa shape index (κ3) is 5.09. The number of carbonyl (C=O) groups excluding carboxylic acids is 1. The molecule has 1 amide bonds. The van der Waals surface area contributed by atoms with E-state index in [1.165, 1.54) is 23.1 Å². The summed E-state index contributed by atoms with van der Waals surface area (Å²) < 4.78 is 5.94. The van der Waals surface area contributed by atoms with Gasteiger partial charge in [-0.25, -0.2) is 0 Å². The fraction of sp³-hybridized carbons (Fsp3) is 0.471. The normalized spacial score (nSPS) is 15.2. The van der Waals surface area contributed by atoms with E-state index in [1.807, 2.05) is 29.2 Å². The van der Waals surface area contributed by atoms with Crippen molar-refractivity contribution in [1.29, 1.82) is 0 Å². The van der Waals surface area contributed by atoms with E-state index in [0.29, 0.717) is 10.9 Å². The summed E-state index contributed by atoms with van der Waals surface area (Å²) in [6.07, 6.45) is 2.20. The number of rotatable bonds is 6. The minimum Gasteiger partial charge on any atom is -0.497 e. The Kier molecular flexibility index (Phi) is 6.14. The minimum atomic E-state index is 0.191. The molecule has 0 saturated carbocycles. The van der Waals surface area contributed by atoms with E-state index in [2.05, 4.69) is 22.4 Å². The number of ether oxygens (including phenoxy) is 1. The molecule has 1 aliphatic rings. The molecule has 0 radical (unpaired) electrons. The quantitative estimate of drug-likeness (QED) is 0.774. The second-order valence-corrected chi connectivity index (χ2v) is 8.28. The highest BCUT2D eigenvalue weighted by Crippen LogP contribution is 2.28. The van der Waals surface area contributed by atoms with Gasteiger partial charge in [-0.3, -0.25) is 4.79 Å². The Labute approximate surface area is 156 Å². The van der Waals surface area contributed by atoms with Gasteiger partial charge in [0.1, 0.15) is 5.75 Å². The van der Waals surface area contributed by atoms with Crippen molar-refractivity contribution in [1.82, 2.24) is 15.1 Å². The third-order valence-electron chi connectivity index (χ3n) is 4.20. The SMILES string of the molecule is COc1ccc(Nc2nnc(SCC(=O)N3CCC(C)CC3)s2)cc1. The zero-order chi connectivity index (χ0) is 17.6. The van der Waals surface area contributed by atoms with Gasteiger partial charge >= 0.3 is 0 Å². The number of benzene rings is 1. The summed E-state index contributed by atoms with van der Waals surface area (Å²) in [6, 6.07) is 7.62. The van der Waals surface area contributed by atoms with Crippen LogP contribution in [0.3, 0.4) is 0 Å². The van der Waals surface area contributed by atoms with Gasteiger partial charge < -0.3 is 15.0 Å². The number of thioether (sulfide) groups is 1. The average Bonchev–Trinajstić information content (AvgIpc) is 3.08. The summed E-state index contributed by atoms with van der Waals surface area (Å²) in [6.45, 7) is 4.00. The molecule has 8 heteroatoms. The van der Waals surface area contributed by atoms with Gasteiger partial charge in [-0.05, 0) is 43.0 Å². The van der Waals surface area contributed by atoms with Gasteiger partial charge in [0.15, 0.2) is 4.34 Å². The van der Waals surface area contributed by atoms with E-state index >= 15 is 0 Å². The molecule has 1 aromatic carbocycles. The molecule has 2 heterocycles. The number of piperidine rings is 1. The van der Waals surface area contributed by atoms with E-state index < -0.39 is 0 Å². The lowest BCUT2D eigenvalue weighted by Crippen LogP contribution is -2.38. The number of methoxy groups -OCH3 is 1. The summed E-state index contributed by atoms with van der Waals surface area (Å²) in [5, 5.41) is 12.2. The lowest BCUT2D eigenvalue weighted by molar-refractivity contribution is -0.129. The first-order valence-corrected chi connectivity index (χ1v) is 10.1. The number of carbonyl (C=O) groups is 1. The third-order valence-corrected chi connectivity index (χ3v) is 6.16. The summed E-state index contributed by atoms with van der Waals surface area (Å²) >= 11 is 2.91. The van der Waals surface area contributed by atoms with Gasteiger partial charge in [0.2, 0.25) is 11.0 Å². The van der Waals surface area contributed by atoms with Crippen LogP contribution in [0.4, 0.5) is 10.8 Å². The smallest absolute Gasteiger partial charge is 0.233 e. The fourth-order valence-electron chi connectivity index (χ4n) is 2.59. The van der Waals surface area contributed by atoms with Crippen LogP contribution in [0.2, 0.25) is 0 Å². The number of nitrogens with zero attached hydrogens (tertiary/aromatic N) is 3. The monoisotopic (exact) mass is 378 g/mol. The van der Waals surface area contributed by atoms with Crippen molar-refractivity contribution >= 4 is 39.8 Å². The molecular weight excluding hydrogens is 356 g/mol. The molecular formula is C17H22N4O2S2. The van der Waals surface area contributed by atoms with Gasteiger partial charge in [0.05, 0.1) is 12.9 Å². The zero-order valence-electron chi connectivity index (χ0n) is 14.4. The number of amides is 1. The van der Waals surface area contributed by atoms with Crippen molar-refractivity contribution in [2.24, 2.45) is 5.92 Å². The number of hydrogen-bond donors (Lipinski definition) is 1. The topological polar surface area (TPSA) is 67.3 Å². The van der Waals surface area contributed by atoms with E-state index in [9.17, 15) is 4.79 Å². The second kappa shape index (κ2) is 8.53. The van der Waals surface area contributed by atoms with Crippen LogP contribution in [0.25, 0.3) is 0 Å². The first-order valence-electron chi connectivity index (χ1n) is 8.29. The summed E-state index contributed by atoms with van der Waals surface area (Å²) in [4.78, 5) is 14.2. The predicted octanol–water partition coefficient (Wildman–Crippen LogP) is 3.64. The summed E-state index contributed by atoms with van der Waals surface area (Å²) in [5.74, 6) is 2.15. The molecule has 25 heavy (non-hydrogen) atoms. The Bertz CT molecular complexity index is 697. The Morgan fingerprint density at radius 2 is 2.04 bits per heavy atom. The number of aromatic nitrogens is 2. The highest BCUT2D eigenvalue weighted by molar-refractivity contribution is 8.01. The molecule has 1 fully saturated rings. The van der Waals surface area contributed by atoms with Crippen molar-refractivity contribution in [2.75, 3.05) is 31.3 Å². The average molecular weight is 379 g/mol. The van der Waals surface area contributed by atoms with Crippen LogP contribution in [0, 0.1) is 5.92 Å². The Hall–Kier alpha value is -1.80. The van der Waals surface area contributed by atoms with Gasteiger partial charge in [-0.15, -0.1) is 10.2 Å². The van der Waals surface area contributed by atoms with Crippen molar-refractivity contribution in [2.45, 2.75) is 24.1 Å². The van der Waals surface area contributed by atoms with Crippen LogP contribution in [-0.2, 0) is 4.79 Å². The van der Waals surface area contributed by atoms with E-state index in [-0.39, 0.29) is 5.91 Å². The fourth-order valence-corrected chi connectivity index (χ4v) is 4.26. The molecule has 134 valence electrons. The first kappa shape index (κ1) is 18.0. The molecule has 1 aromatic heterocycles. The summed E-state index contributed by atoms with van der Waals surface area (Å²) in [5.41, 5.74) is 0.923. The molecule has 1 aliphatic heterocycles. The minimum absolute atomic E-state index is 0.191. The largest absolute Gasteiger partial charge is 0.497 e. The number of nitrogens with one attached hydrogen (secondary N) is 1. The summed E-state index contributed by atoms with van der Waals surface area (Å²) in [7, 11) is 1.64. The molecule has 0 aliphatic carbocycles. The Balaban J connectivity index is 1.48. The molecule has 1 N–H and O–H groups in total. The molecule has 6 nitrogen and oxygen atoms in total. The maximum absolute atomic E-state index is 12.3. The molecule has 3 rings (SSSR count).